The fourth-order valence-corrected chi connectivity index (χ4v) is 3.42. The first-order valence-corrected chi connectivity index (χ1v) is 8.21. The molecular formula is C16H12N8S. The molecule has 0 saturated carbocycles. The van der Waals surface area contributed by atoms with Crippen LogP contribution in [0.25, 0.3) is 16.3 Å². The van der Waals surface area contributed by atoms with Crippen molar-refractivity contribution in [2.24, 2.45) is 0 Å². The van der Waals surface area contributed by atoms with Crippen molar-refractivity contribution in [3.05, 3.63) is 54.4 Å². The number of aryl methyl sites for hydroxylation is 1. The fraction of sp³-hybridized carbons (Fsp3) is 0.0625. The van der Waals surface area contributed by atoms with Crippen LogP contribution in [0, 0.1) is 18.3 Å². The second-order valence-electron chi connectivity index (χ2n) is 5.16. The molecule has 0 amide bonds. The lowest BCUT2D eigenvalue weighted by Gasteiger charge is -2.05. The minimum atomic E-state index is 0.444. The smallest absolute Gasteiger partial charge is 0.248 e. The Morgan fingerprint density at radius 3 is 2.96 bits per heavy atom. The van der Waals surface area contributed by atoms with Crippen molar-refractivity contribution >= 4 is 22.4 Å². The summed E-state index contributed by atoms with van der Waals surface area (Å²) < 4.78 is 1.97. The first-order chi connectivity index (χ1) is 12.2. The zero-order valence-corrected chi connectivity index (χ0v) is 13.9. The molecule has 3 heterocycles. The SMILES string of the molecule is Cc1nccn1-c1sc(Nc2nc[nH]n2)nc1-c1cccc(C#N)c1. The molecule has 0 unspecified atom stereocenters. The molecule has 8 nitrogen and oxygen atoms in total. The predicted octanol–water partition coefficient (Wildman–Crippen LogP) is 3.04. The lowest BCUT2D eigenvalue weighted by Crippen LogP contribution is -1.95. The highest BCUT2D eigenvalue weighted by Crippen LogP contribution is 2.35. The van der Waals surface area contributed by atoms with E-state index in [1.807, 2.05) is 35.9 Å². The molecule has 1 aromatic carbocycles. The number of nitriles is 1. The summed E-state index contributed by atoms with van der Waals surface area (Å²) in [6, 6.07) is 9.53. The van der Waals surface area contributed by atoms with Crippen LogP contribution in [-0.4, -0.2) is 29.7 Å². The Morgan fingerprint density at radius 2 is 2.24 bits per heavy atom. The van der Waals surface area contributed by atoms with E-state index >= 15 is 0 Å². The molecule has 0 fully saturated rings. The van der Waals surface area contributed by atoms with Gasteiger partial charge < -0.3 is 0 Å². The van der Waals surface area contributed by atoms with Crippen molar-refractivity contribution in [3.8, 4) is 22.3 Å². The number of hydrogen-bond acceptors (Lipinski definition) is 7. The summed E-state index contributed by atoms with van der Waals surface area (Å²) in [6.07, 6.45) is 5.12. The summed E-state index contributed by atoms with van der Waals surface area (Å²) in [7, 11) is 0. The van der Waals surface area contributed by atoms with E-state index in [1.54, 1.807) is 12.3 Å². The molecule has 122 valence electrons. The van der Waals surface area contributed by atoms with Crippen molar-refractivity contribution < 1.29 is 0 Å². The number of nitrogens with zero attached hydrogens (tertiary/aromatic N) is 6. The molecule has 0 bridgehead atoms. The van der Waals surface area contributed by atoms with Gasteiger partial charge in [0.2, 0.25) is 5.95 Å². The predicted molar refractivity (Wildman–Crippen MR) is 93.8 cm³/mol. The molecular weight excluding hydrogens is 336 g/mol. The van der Waals surface area contributed by atoms with Crippen LogP contribution in [0.4, 0.5) is 11.1 Å². The summed E-state index contributed by atoms with van der Waals surface area (Å²) in [4.78, 5) is 13.0. The maximum atomic E-state index is 9.17. The Morgan fingerprint density at radius 1 is 1.32 bits per heavy atom. The summed E-state index contributed by atoms with van der Waals surface area (Å²) in [6.45, 7) is 1.93. The summed E-state index contributed by atoms with van der Waals surface area (Å²) in [5.41, 5.74) is 2.21. The van der Waals surface area contributed by atoms with E-state index in [-0.39, 0.29) is 0 Å². The number of imidazole rings is 1. The Kier molecular flexibility index (Phi) is 3.72. The lowest BCUT2D eigenvalue weighted by atomic mass is 10.1. The van der Waals surface area contributed by atoms with Crippen molar-refractivity contribution in [1.82, 2.24) is 29.7 Å². The largest absolute Gasteiger partial charge is 0.299 e. The van der Waals surface area contributed by atoms with Gasteiger partial charge in [-0.3, -0.25) is 15.0 Å². The number of thiazole rings is 1. The molecule has 0 radical (unpaired) electrons. The van der Waals surface area contributed by atoms with Crippen molar-refractivity contribution in [3.63, 3.8) is 0 Å². The van der Waals surface area contributed by atoms with Crippen LogP contribution in [0.15, 0.2) is 43.0 Å². The monoisotopic (exact) mass is 348 g/mol. The molecule has 0 aliphatic heterocycles. The Labute approximate surface area is 146 Å². The Bertz CT molecular complexity index is 1050. The summed E-state index contributed by atoms with van der Waals surface area (Å²) in [5, 5.41) is 20.5. The van der Waals surface area contributed by atoms with E-state index < -0.39 is 0 Å². The van der Waals surface area contributed by atoms with E-state index in [1.165, 1.54) is 17.7 Å². The van der Waals surface area contributed by atoms with Gasteiger partial charge in [0.05, 0.1) is 11.6 Å². The number of H-pyrrole nitrogens is 1. The van der Waals surface area contributed by atoms with Gasteiger partial charge in [-0.25, -0.2) is 15.0 Å². The topological polar surface area (TPSA) is 108 Å². The average molecular weight is 348 g/mol. The molecule has 25 heavy (non-hydrogen) atoms. The number of aromatic nitrogens is 6. The van der Waals surface area contributed by atoms with Gasteiger partial charge in [-0.1, -0.05) is 23.5 Å². The van der Waals surface area contributed by atoms with E-state index in [2.05, 4.69) is 36.5 Å². The third kappa shape index (κ3) is 2.86. The number of aromatic amines is 1. The van der Waals surface area contributed by atoms with E-state index in [9.17, 15) is 0 Å². The molecule has 0 saturated heterocycles. The average Bonchev–Trinajstić information content (AvgIpc) is 3.36. The molecule has 4 aromatic rings. The van der Waals surface area contributed by atoms with Crippen LogP contribution >= 0.6 is 11.3 Å². The van der Waals surface area contributed by atoms with Gasteiger partial charge in [0.15, 0.2) is 5.13 Å². The van der Waals surface area contributed by atoms with E-state index in [0.29, 0.717) is 16.6 Å². The quantitative estimate of drug-likeness (QED) is 0.587. The summed E-state index contributed by atoms with van der Waals surface area (Å²) >= 11 is 1.46. The number of rotatable bonds is 4. The van der Waals surface area contributed by atoms with Crippen molar-refractivity contribution in [2.75, 3.05) is 5.32 Å². The third-order valence-corrected chi connectivity index (χ3v) is 4.52. The van der Waals surface area contributed by atoms with Gasteiger partial charge in [-0.05, 0) is 19.1 Å². The van der Waals surface area contributed by atoms with Crippen LogP contribution in [0.5, 0.6) is 0 Å². The van der Waals surface area contributed by atoms with E-state index in [4.69, 9.17) is 5.26 Å². The zero-order valence-electron chi connectivity index (χ0n) is 13.1. The number of nitrogens with one attached hydrogen (secondary N) is 2. The zero-order chi connectivity index (χ0) is 17.2. The lowest BCUT2D eigenvalue weighted by molar-refractivity contribution is 0.991. The van der Waals surface area contributed by atoms with Crippen LogP contribution in [-0.2, 0) is 0 Å². The normalized spacial score (nSPS) is 10.6. The third-order valence-electron chi connectivity index (χ3n) is 3.55. The highest BCUT2D eigenvalue weighted by atomic mass is 32.1. The van der Waals surface area contributed by atoms with Gasteiger partial charge >= 0.3 is 0 Å². The van der Waals surface area contributed by atoms with Crippen LogP contribution < -0.4 is 5.32 Å². The first kappa shape index (κ1) is 15.0. The Hall–Kier alpha value is -3.51. The van der Waals surface area contributed by atoms with E-state index in [0.717, 1.165) is 22.1 Å². The fourth-order valence-electron chi connectivity index (χ4n) is 2.41. The molecule has 0 atom stereocenters. The van der Waals surface area contributed by atoms with Gasteiger partial charge in [-0.15, -0.1) is 5.10 Å². The second-order valence-corrected chi connectivity index (χ2v) is 6.14. The van der Waals surface area contributed by atoms with Gasteiger partial charge in [0, 0.05) is 18.0 Å². The van der Waals surface area contributed by atoms with Gasteiger partial charge in [-0.2, -0.15) is 5.26 Å². The highest BCUT2D eigenvalue weighted by molar-refractivity contribution is 7.18. The number of benzene rings is 1. The molecule has 0 aliphatic carbocycles. The van der Waals surface area contributed by atoms with Gasteiger partial charge in [0.25, 0.3) is 0 Å². The molecule has 2 N–H and O–H groups in total. The molecule has 4 rings (SSSR count). The van der Waals surface area contributed by atoms with Crippen molar-refractivity contribution in [2.45, 2.75) is 6.92 Å². The van der Waals surface area contributed by atoms with Crippen LogP contribution in [0.2, 0.25) is 0 Å². The van der Waals surface area contributed by atoms with Crippen LogP contribution in [0.3, 0.4) is 0 Å². The minimum Gasteiger partial charge on any atom is -0.299 e. The minimum absolute atomic E-state index is 0.444. The standard InChI is InChI=1S/C16H12N8S/c1-10-18-5-6-24(10)14-13(12-4-2-3-11(7-12)8-17)21-16(25-14)22-15-19-9-20-23-15/h2-7,9H,1H3,(H2,19,20,21,22,23). The molecule has 0 aliphatic rings. The number of hydrogen-bond donors (Lipinski definition) is 2. The maximum absolute atomic E-state index is 9.17. The number of anilines is 2. The first-order valence-electron chi connectivity index (χ1n) is 7.39. The summed E-state index contributed by atoms with van der Waals surface area (Å²) in [5.74, 6) is 1.30. The maximum Gasteiger partial charge on any atom is 0.248 e. The molecule has 3 aromatic heterocycles. The van der Waals surface area contributed by atoms with Gasteiger partial charge in [0.1, 0.15) is 22.8 Å². The highest BCUT2D eigenvalue weighted by Gasteiger charge is 2.17. The van der Waals surface area contributed by atoms with Crippen molar-refractivity contribution in [1.29, 1.82) is 5.26 Å². The molecule has 9 heteroatoms. The van der Waals surface area contributed by atoms with Crippen LogP contribution in [0.1, 0.15) is 11.4 Å². The Balaban J connectivity index is 1.84. The molecule has 0 spiro atoms. The second kappa shape index (κ2) is 6.18.